The fraction of sp³-hybridized carbons (Fsp3) is 0.929. The lowest BCUT2D eigenvalue weighted by Gasteiger charge is -2.40. The summed E-state index contributed by atoms with van der Waals surface area (Å²) in [4.78, 5) is 11.1. The van der Waals surface area contributed by atoms with Gasteiger partial charge in [-0.3, -0.25) is 4.79 Å². The van der Waals surface area contributed by atoms with Crippen molar-refractivity contribution in [2.75, 3.05) is 13.2 Å². The molecule has 0 saturated carbocycles. The Morgan fingerprint density at radius 1 is 1.08 bits per heavy atom. The van der Waals surface area contributed by atoms with E-state index >= 15 is 0 Å². The lowest BCUT2D eigenvalue weighted by atomic mass is 9.97. The van der Waals surface area contributed by atoms with Crippen molar-refractivity contribution in [1.29, 1.82) is 0 Å². The molecule has 0 aromatic rings. The molecule has 2 heterocycles. The number of amides is 1. The van der Waals surface area contributed by atoms with Gasteiger partial charge in [0, 0.05) is 6.92 Å². The highest BCUT2D eigenvalue weighted by atomic mass is 16.7. The van der Waals surface area contributed by atoms with E-state index in [9.17, 15) is 35.4 Å². The summed E-state index contributed by atoms with van der Waals surface area (Å²) < 4.78 is 15.5. The van der Waals surface area contributed by atoms with Gasteiger partial charge in [-0.25, -0.2) is 0 Å². The van der Waals surface area contributed by atoms with E-state index in [-0.39, 0.29) is 0 Å². The minimum absolute atomic E-state index is 0.446. The summed E-state index contributed by atoms with van der Waals surface area (Å²) in [5, 5.41) is 70.3. The van der Waals surface area contributed by atoms with Crippen molar-refractivity contribution in [2.24, 2.45) is 0 Å². The first-order valence-electron chi connectivity index (χ1n) is 8.06. The first-order chi connectivity index (χ1) is 12.2. The van der Waals surface area contributed by atoms with Gasteiger partial charge in [0.15, 0.2) is 12.6 Å². The van der Waals surface area contributed by atoms with Crippen LogP contribution in [0.25, 0.3) is 0 Å². The minimum atomic E-state index is -1.62. The monoisotopic (exact) mass is 383 g/mol. The van der Waals surface area contributed by atoms with Crippen LogP contribution in [0.2, 0.25) is 0 Å². The number of nitrogens with one attached hydrogen (secondary N) is 1. The number of rotatable bonds is 6. The highest BCUT2D eigenvalue weighted by molar-refractivity contribution is 5.73. The zero-order valence-corrected chi connectivity index (χ0v) is 14.0. The molecule has 2 aliphatic rings. The summed E-state index contributed by atoms with van der Waals surface area (Å²) in [6.45, 7) is 0.0232. The molecule has 12 nitrogen and oxygen atoms in total. The molecule has 1 amide bonds. The third-order valence-electron chi connectivity index (χ3n) is 4.34. The van der Waals surface area contributed by atoms with Crippen LogP contribution in [0.15, 0.2) is 0 Å². The number of carbonyl (C=O) groups excluding carboxylic acids is 1. The van der Waals surface area contributed by atoms with Gasteiger partial charge in [-0.15, -0.1) is 0 Å². The summed E-state index contributed by atoms with van der Waals surface area (Å²) in [6, 6.07) is -1.24. The average molecular weight is 383 g/mol. The Morgan fingerprint density at radius 3 is 2.31 bits per heavy atom. The van der Waals surface area contributed by atoms with Crippen LogP contribution >= 0.6 is 0 Å². The van der Waals surface area contributed by atoms with E-state index < -0.39 is 80.5 Å². The molecule has 0 aromatic carbocycles. The Bertz CT molecular complexity index is 480. The highest BCUT2D eigenvalue weighted by Crippen LogP contribution is 2.26. The first-order valence-corrected chi connectivity index (χ1v) is 8.06. The van der Waals surface area contributed by atoms with Crippen LogP contribution in [-0.4, -0.2) is 116 Å². The lowest BCUT2D eigenvalue weighted by Crippen LogP contribution is -2.64. The largest absolute Gasteiger partial charge is 0.394 e. The zero-order valence-electron chi connectivity index (χ0n) is 14.0. The van der Waals surface area contributed by atoms with Crippen molar-refractivity contribution < 1.29 is 54.8 Å². The van der Waals surface area contributed by atoms with Crippen LogP contribution in [0.1, 0.15) is 6.92 Å². The zero-order chi connectivity index (χ0) is 19.6. The van der Waals surface area contributed by atoms with Gasteiger partial charge in [-0.1, -0.05) is 0 Å². The van der Waals surface area contributed by atoms with Crippen LogP contribution in [0.3, 0.4) is 0 Å². The molecule has 152 valence electrons. The summed E-state index contributed by atoms with van der Waals surface area (Å²) in [5.41, 5.74) is 0. The smallest absolute Gasteiger partial charge is 0.217 e. The molecule has 8 N–H and O–H groups in total. The molecule has 0 aromatic heterocycles. The first kappa shape index (κ1) is 21.4. The summed E-state index contributed by atoms with van der Waals surface area (Å²) in [6.07, 6.45) is -13.1. The Hall–Kier alpha value is -0.930. The molecule has 0 spiro atoms. The summed E-state index contributed by atoms with van der Waals surface area (Å²) >= 11 is 0. The molecule has 0 bridgehead atoms. The SMILES string of the molecule is CC(=O)N[C@H]1C(O)O[C@H](CO[C@@H]2O[C@@H]([C@H](O)CO)[C@H](O)[C@H]2O)[C@@H](O)[C@@H]1O. The number of ether oxygens (including phenoxy) is 3. The van der Waals surface area contributed by atoms with E-state index in [2.05, 4.69) is 5.32 Å². The lowest BCUT2D eigenvalue weighted by molar-refractivity contribution is -0.272. The number of aliphatic hydroxyl groups is 7. The predicted octanol–water partition coefficient (Wildman–Crippen LogP) is -5.25. The van der Waals surface area contributed by atoms with Crippen molar-refractivity contribution >= 4 is 5.91 Å². The Balaban J connectivity index is 1.92. The maximum atomic E-state index is 11.1. The molecule has 0 radical (unpaired) electrons. The molecule has 12 heteroatoms. The fourth-order valence-electron chi connectivity index (χ4n) is 2.90. The molecular formula is C14H25NO11. The van der Waals surface area contributed by atoms with Crippen molar-refractivity contribution in [3.05, 3.63) is 0 Å². The van der Waals surface area contributed by atoms with E-state index in [1.54, 1.807) is 0 Å². The van der Waals surface area contributed by atoms with Gasteiger partial charge >= 0.3 is 0 Å². The Morgan fingerprint density at radius 2 is 1.73 bits per heavy atom. The molecule has 2 rings (SSSR count). The second-order valence-electron chi connectivity index (χ2n) is 6.31. The van der Waals surface area contributed by atoms with E-state index in [1.165, 1.54) is 6.92 Å². The molecular weight excluding hydrogens is 358 g/mol. The van der Waals surface area contributed by atoms with Gasteiger partial charge in [-0.2, -0.15) is 0 Å². The topological polar surface area (TPSA) is 198 Å². The van der Waals surface area contributed by atoms with Crippen molar-refractivity contribution in [3.8, 4) is 0 Å². The van der Waals surface area contributed by atoms with Crippen LogP contribution < -0.4 is 5.32 Å². The summed E-state index contributed by atoms with van der Waals surface area (Å²) in [5.74, 6) is -0.538. The van der Waals surface area contributed by atoms with Crippen LogP contribution in [0.5, 0.6) is 0 Å². The third-order valence-corrected chi connectivity index (χ3v) is 4.34. The maximum absolute atomic E-state index is 11.1. The Kier molecular flexibility index (Phi) is 7.27. The van der Waals surface area contributed by atoms with E-state index in [1.807, 2.05) is 0 Å². The second-order valence-corrected chi connectivity index (χ2v) is 6.31. The predicted molar refractivity (Wildman–Crippen MR) is 80.2 cm³/mol. The van der Waals surface area contributed by atoms with Gasteiger partial charge < -0.3 is 55.3 Å². The number of hydrogen-bond donors (Lipinski definition) is 8. The van der Waals surface area contributed by atoms with Crippen LogP contribution in [-0.2, 0) is 19.0 Å². The van der Waals surface area contributed by atoms with Crippen molar-refractivity contribution in [1.82, 2.24) is 5.32 Å². The highest BCUT2D eigenvalue weighted by Gasteiger charge is 2.48. The van der Waals surface area contributed by atoms with Crippen LogP contribution in [0, 0.1) is 0 Å². The number of hydrogen-bond acceptors (Lipinski definition) is 11. The van der Waals surface area contributed by atoms with Crippen molar-refractivity contribution in [2.45, 2.75) is 68.3 Å². The van der Waals surface area contributed by atoms with Gasteiger partial charge in [0.1, 0.15) is 48.8 Å². The quantitative estimate of drug-likeness (QED) is 0.218. The molecule has 0 aliphatic carbocycles. The van der Waals surface area contributed by atoms with E-state index in [0.29, 0.717) is 0 Å². The number of aliphatic hydroxyl groups excluding tert-OH is 7. The van der Waals surface area contributed by atoms with E-state index in [0.717, 1.165) is 0 Å². The second kappa shape index (κ2) is 8.84. The molecule has 1 unspecified atom stereocenters. The van der Waals surface area contributed by atoms with Gasteiger partial charge in [0.05, 0.1) is 13.2 Å². The standard InChI is InChI=1S/C14H25NO11/c1-4(17)15-7-9(20)8(19)6(25-13(7)23)3-24-14-11(22)10(21)12(26-14)5(18)2-16/h5-14,16,18-23H,2-3H2,1H3,(H,15,17)/t5-,6-,7-,8-,9-,10-,11-,12+,13?,14-/m1/s1. The normalized spacial score (nSPS) is 44.7. The molecule has 26 heavy (non-hydrogen) atoms. The average Bonchev–Trinajstić information content (AvgIpc) is 2.88. The van der Waals surface area contributed by atoms with Gasteiger partial charge in [0.2, 0.25) is 5.91 Å². The molecule has 2 fully saturated rings. The molecule has 10 atom stereocenters. The van der Waals surface area contributed by atoms with Gasteiger partial charge in [-0.05, 0) is 0 Å². The fourth-order valence-corrected chi connectivity index (χ4v) is 2.90. The summed E-state index contributed by atoms with van der Waals surface area (Å²) in [7, 11) is 0. The van der Waals surface area contributed by atoms with Crippen molar-refractivity contribution in [3.63, 3.8) is 0 Å². The molecule has 2 aliphatic heterocycles. The Labute approximate surface area is 148 Å². The maximum Gasteiger partial charge on any atom is 0.217 e. The minimum Gasteiger partial charge on any atom is -0.394 e. The number of carbonyl (C=O) groups is 1. The third kappa shape index (κ3) is 4.48. The van der Waals surface area contributed by atoms with E-state index in [4.69, 9.17) is 19.3 Å². The molecule has 2 saturated heterocycles. The van der Waals surface area contributed by atoms with Crippen LogP contribution in [0.4, 0.5) is 0 Å². The van der Waals surface area contributed by atoms with Gasteiger partial charge in [0.25, 0.3) is 0 Å².